The van der Waals surface area contributed by atoms with Crippen LogP contribution >= 0.6 is 0 Å². The third-order valence-electron chi connectivity index (χ3n) is 6.37. The van der Waals surface area contributed by atoms with E-state index in [0.717, 1.165) is 10.9 Å². The van der Waals surface area contributed by atoms with Gasteiger partial charge in [-0.3, -0.25) is 24.0 Å². The van der Waals surface area contributed by atoms with Crippen LogP contribution in [0.5, 0.6) is 0 Å². The zero-order valence-corrected chi connectivity index (χ0v) is 23.0. The zero-order chi connectivity index (χ0) is 30.7. The van der Waals surface area contributed by atoms with Gasteiger partial charge in [-0.15, -0.1) is 0 Å². The van der Waals surface area contributed by atoms with Crippen LogP contribution in [-0.2, 0) is 35.2 Å². The summed E-state index contributed by atoms with van der Waals surface area (Å²) in [4.78, 5) is 76.4. The summed E-state index contributed by atoms with van der Waals surface area (Å²) in [5, 5.41) is 27.0. The predicted molar refractivity (Wildman–Crippen MR) is 148 cm³/mol. The lowest BCUT2D eigenvalue weighted by Crippen LogP contribution is -2.57. The highest BCUT2D eigenvalue weighted by Gasteiger charge is 2.31. The molecule has 0 spiro atoms. The lowest BCUT2D eigenvalue weighted by molar-refractivity contribution is -0.142. The van der Waals surface area contributed by atoms with Gasteiger partial charge in [0.2, 0.25) is 23.6 Å². The van der Waals surface area contributed by atoms with E-state index in [9.17, 15) is 33.9 Å². The number of carbonyl (C=O) groups is 6. The molecule has 0 radical (unpaired) electrons. The van der Waals surface area contributed by atoms with E-state index in [1.54, 1.807) is 26.1 Å². The summed E-state index contributed by atoms with van der Waals surface area (Å²) in [6.07, 6.45) is 0.719. The molecule has 0 aliphatic carbocycles. The van der Waals surface area contributed by atoms with Crippen LogP contribution in [0.15, 0.2) is 30.5 Å². The number of fused-ring (bicyclic) bond motifs is 1. The molecule has 0 bridgehead atoms. The quantitative estimate of drug-likeness (QED) is 0.124. The molecular formula is C27H38N6O8. The number of rotatable bonds is 17. The maximum atomic E-state index is 13.4. The highest BCUT2D eigenvalue weighted by atomic mass is 16.4. The second-order valence-electron chi connectivity index (χ2n) is 10.3. The molecular weight excluding hydrogens is 536 g/mol. The maximum Gasteiger partial charge on any atom is 0.326 e. The second kappa shape index (κ2) is 15.4. The lowest BCUT2D eigenvalue weighted by atomic mass is 10.0. The number of carboxylic acids is 2. The van der Waals surface area contributed by atoms with Gasteiger partial charge in [-0.25, -0.2) is 4.79 Å². The van der Waals surface area contributed by atoms with Crippen molar-refractivity contribution in [3.8, 4) is 0 Å². The smallest absolute Gasteiger partial charge is 0.326 e. The largest absolute Gasteiger partial charge is 0.481 e. The van der Waals surface area contributed by atoms with Gasteiger partial charge < -0.3 is 42.6 Å². The molecule has 41 heavy (non-hydrogen) atoms. The van der Waals surface area contributed by atoms with E-state index < -0.39 is 66.2 Å². The molecule has 14 nitrogen and oxygen atoms in total. The van der Waals surface area contributed by atoms with Crippen LogP contribution in [0.25, 0.3) is 10.9 Å². The Balaban J connectivity index is 2.32. The van der Waals surface area contributed by atoms with Crippen LogP contribution in [-0.4, -0.2) is 74.9 Å². The van der Waals surface area contributed by atoms with Gasteiger partial charge in [-0.1, -0.05) is 32.0 Å². The molecule has 1 aromatic carbocycles. The Labute approximate surface area is 236 Å². The second-order valence-corrected chi connectivity index (χ2v) is 10.3. The number of carboxylic acid groups (broad SMARTS) is 2. The summed E-state index contributed by atoms with van der Waals surface area (Å²) in [7, 11) is 0. The van der Waals surface area contributed by atoms with Crippen molar-refractivity contribution in [3.05, 3.63) is 36.0 Å². The van der Waals surface area contributed by atoms with E-state index >= 15 is 0 Å². The topological polar surface area (TPSA) is 247 Å². The highest BCUT2D eigenvalue weighted by molar-refractivity contribution is 5.95. The summed E-state index contributed by atoms with van der Waals surface area (Å²) >= 11 is 0. The summed E-state index contributed by atoms with van der Waals surface area (Å²) < 4.78 is 0. The Morgan fingerprint density at radius 3 is 2.07 bits per heavy atom. The van der Waals surface area contributed by atoms with Gasteiger partial charge in [0, 0.05) is 36.4 Å². The molecule has 2 aromatic rings. The Morgan fingerprint density at radius 2 is 1.46 bits per heavy atom. The molecule has 14 heteroatoms. The SMILES string of the molecule is CC(C)CC(NC(=O)C(Cc1c[nH]c2ccccc12)NC(=O)C(CCC(=O)O)NC(=O)C(N)CCC(N)=O)C(=O)O. The van der Waals surface area contributed by atoms with E-state index in [1.165, 1.54) is 0 Å². The molecule has 1 aromatic heterocycles. The van der Waals surface area contributed by atoms with Crippen molar-refractivity contribution < 1.29 is 39.0 Å². The van der Waals surface area contributed by atoms with Gasteiger partial charge in [0.15, 0.2) is 0 Å². The molecule has 0 aliphatic rings. The molecule has 0 fully saturated rings. The number of aromatic amines is 1. The van der Waals surface area contributed by atoms with E-state index in [1.807, 2.05) is 18.2 Å². The number of nitrogens with one attached hydrogen (secondary N) is 4. The third kappa shape index (κ3) is 10.6. The van der Waals surface area contributed by atoms with Gasteiger partial charge in [0.25, 0.3) is 0 Å². The number of H-pyrrole nitrogens is 1. The number of hydrogen-bond donors (Lipinski definition) is 8. The van der Waals surface area contributed by atoms with Crippen LogP contribution < -0.4 is 27.4 Å². The number of nitrogens with two attached hydrogens (primary N) is 2. The van der Waals surface area contributed by atoms with Crippen molar-refractivity contribution in [2.75, 3.05) is 0 Å². The summed E-state index contributed by atoms with van der Waals surface area (Å²) in [5.41, 5.74) is 12.3. The number of para-hydroxylation sites is 1. The van der Waals surface area contributed by atoms with E-state index in [4.69, 9.17) is 16.6 Å². The number of aromatic nitrogens is 1. The first-order chi connectivity index (χ1) is 19.3. The number of primary amides is 1. The first kappa shape index (κ1) is 32.8. The Bertz CT molecular complexity index is 1260. The summed E-state index contributed by atoms with van der Waals surface area (Å²) in [5.74, 6) is -5.61. The van der Waals surface area contributed by atoms with Crippen molar-refractivity contribution in [1.82, 2.24) is 20.9 Å². The van der Waals surface area contributed by atoms with E-state index in [2.05, 4.69) is 20.9 Å². The van der Waals surface area contributed by atoms with Crippen LogP contribution in [0.4, 0.5) is 0 Å². The highest BCUT2D eigenvalue weighted by Crippen LogP contribution is 2.19. The Hall–Kier alpha value is -4.46. The van der Waals surface area contributed by atoms with Gasteiger partial charge >= 0.3 is 11.9 Å². The number of benzene rings is 1. The molecule has 0 saturated carbocycles. The van der Waals surface area contributed by atoms with Crippen LogP contribution in [0.1, 0.15) is 51.5 Å². The average molecular weight is 575 g/mol. The molecule has 4 unspecified atom stereocenters. The van der Waals surface area contributed by atoms with Crippen molar-refractivity contribution in [2.24, 2.45) is 17.4 Å². The molecule has 224 valence electrons. The van der Waals surface area contributed by atoms with Crippen LogP contribution in [0.3, 0.4) is 0 Å². The fraction of sp³-hybridized carbons (Fsp3) is 0.481. The zero-order valence-electron chi connectivity index (χ0n) is 23.0. The third-order valence-corrected chi connectivity index (χ3v) is 6.37. The minimum absolute atomic E-state index is 0.0344. The predicted octanol–water partition coefficient (Wildman–Crippen LogP) is -0.247. The monoisotopic (exact) mass is 574 g/mol. The molecule has 0 saturated heterocycles. The molecule has 4 atom stereocenters. The van der Waals surface area contributed by atoms with Crippen molar-refractivity contribution in [2.45, 2.75) is 76.5 Å². The Kier molecular flexibility index (Phi) is 12.3. The van der Waals surface area contributed by atoms with Crippen molar-refractivity contribution >= 4 is 46.5 Å². The van der Waals surface area contributed by atoms with E-state index in [-0.39, 0.29) is 38.0 Å². The van der Waals surface area contributed by atoms with Gasteiger partial charge in [0.1, 0.15) is 18.1 Å². The fourth-order valence-electron chi connectivity index (χ4n) is 4.21. The van der Waals surface area contributed by atoms with Gasteiger partial charge in [-0.2, -0.15) is 0 Å². The lowest BCUT2D eigenvalue weighted by Gasteiger charge is -2.25. The minimum Gasteiger partial charge on any atom is -0.481 e. The molecule has 1 heterocycles. The Morgan fingerprint density at radius 1 is 0.854 bits per heavy atom. The van der Waals surface area contributed by atoms with Gasteiger partial charge in [0.05, 0.1) is 6.04 Å². The summed E-state index contributed by atoms with van der Waals surface area (Å²) in [6, 6.07) is 2.20. The standard InChI is InChI=1S/C27H38N6O8/c1-14(2)11-21(27(40)41)33-26(39)20(12-15-13-30-18-6-4-3-5-16(15)18)32-25(38)19(8-10-23(35)36)31-24(37)17(28)7-9-22(29)34/h3-6,13-14,17,19-21,30H,7-12,28H2,1-2H3,(H2,29,34)(H,31,37)(H,32,38)(H,33,39)(H,35,36)(H,40,41). The molecule has 4 amide bonds. The summed E-state index contributed by atoms with van der Waals surface area (Å²) in [6.45, 7) is 3.61. The average Bonchev–Trinajstić information content (AvgIpc) is 3.30. The first-order valence-electron chi connectivity index (χ1n) is 13.2. The first-order valence-corrected chi connectivity index (χ1v) is 13.2. The maximum absolute atomic E-state index is 13.4. The normalized spacial score (nSPS) is 14.0. The number of hydrogen-bond acceptors (Lipinski definition) is 7. The van der Waals surface area contributed by atoms with Crippen molar-refractivity contribution in [3.63, 3.8) is 0 Å². The number of carbonyl (C=O) groups excluding carboxylic acids is 4. The minimum atomic E-state index is -1.39. The fourth-order valence-corrected chi connectivity index (χ4v) is 4.21. The molecule has 2 rings (SSSR count). The number of aliphatic carboxylic acids is 2. The molecule has 10 N–H and O–H groups in total. The van der Waals surface area contributed by atoms with Crippen molar-refractivity contribution in [1.29, 1.82) is 0 Å². The van der Waals surface area contributed by atoms with Crippen LogP contribution in [0, 0.1) is 5.92 Å². The van der Waals surface area contributed by atoms with E-state index in [0.29, 0.717) is 5.56 Å². The number of amides is 4. The van der Waals surface area contributed by atoms with Crippen LogP contribution in [0.2, 0.25) is 0 Å². The van der Waals surface area contributed by atoms with Gasteiger partial charge in [-0.05, 0) is 36.8 Å². The molecule has 0 aliphatic heterocycles.